The SMILES string of the molecule is C[C@@H](NC(=O)COC(=O)COc1ccc(-c2ccccc2)cc1)[C@@H]1C[C@@H]2CC[C@@H]1C2. The third kappa shape index (κ3) is 5.02. The van der Waals surface area contributed by atoms with Crippen molar-refractivity contribution in [2.45, 2.75) is 38.6 Å². The molecule has 2 saturated carbocycles. The fourth-order valence-electron chi connectivity index (χ4n) is 5.01. The minimum Gasteiger partial charge on any atom is -0.482 e. The summed E-state index contributed by atoms with van der Waals surface area (Å²) in [5.74, 6) is 1.94. The highest BCUT2D eigenvalue weighted by Gasteiger charge is 2.42. The van der Waals surface area contributed by atoms with Crippen molar-refractivity contribution in [3.63, 3.8) is 0 Å². The molecule has 0 radical (unpaired) electrons. The summed E-state index contributed by atoms with van der Waals surface area (Å²) in [4.78, 5) is 24.1. The van der Waals surface area contributed by atoms with E-state index >= 15 is 0 Å². The summed E-state index contributed by atoms with van der Waals surface area (Å²) < 4.78 is 10.5. The minimum atomic E-state index is -0.551. The maximum Gasteiger partial charge on any atom is 0.344 e. The Hall–Kier alpha value is -2.82. The molecular weight excluding hydrogens is 378 g/mol. The minimum absolute atomic E-state index is 0.130. The zero-order valence-electron chi connectivity index (χ0n) is 17.4. The highest BCUT2D eigenvalue weighted by Crippen LogP contribution is 2.49. The number of amides is 1. The third-order valence-corrected chi connectivity index (χ3v) is 6.51. The molecule has 4 rings (SSSR count). The number of rotatable bonds is 8. The summed E-state index contributed by atoms with van der Waals surface area (Å²) in [5, 5.41) is 3.00. The van der Waals surface area contributed by atoms with E-state index in [4.69, 9.17) is 9.47 Å². The first-order chi connectivity index (χ1) is 14.6. The van der Waals surface area contributed by atoms with E-state index in [1.54, 1.807) is 0 Å². The van der Waals surface area contributed by atoms with Crippen LogP contribution in [-0.4, -0.2) is 31.1 Å². The van der Waals surface area contributed by atoms with Crippen molar-refractivity contribution in [1.29, 1.82) is 0 Å². The summed E-state index contributed by atoms with van der Waals surface area (Å²) in [6.45, 7) is 1.58. The Morgan fingerprint density at radius 2 is 1.70 bits per heavy atom. The monoisotopic (exact) mass is 407 g/mol. The van der Waals surface area contributed by atoms with Gasteiger partial charge in [0.15, 0.2) is 13.2 Å². The second-order valence-electron chi connectivity index (χ2n) is 8.53. The van der Waals surface area contributed by atoms with Crippen LogP contribution >= 0.6 is 0 Å². The number of fused-ring (bicyclic) bond motifs is 2. The molecule has 1 N–H and O–H groups in total. The average molecular weight is 408 g/mol. The van der Waals surface area contributed by atoms with Crippen LogP contribution in [0.4, 0.5) is 0 Å². The first-order valence-electron chi connectivity index (χ1n) is 10.8. The standard InChI is InChI=1S/C25H29NO4/c1-17(23-14-18-7-8-21(23)13-18)26-24(27)15-30-25(28)16-29-22-11-9-20(10-12-22)19-5-3-2-4-6-19/h2-6,9-12,17-18,21,23H,7-8,13-16H2,1H3,(H,26,27)/t17-,18-,21-,23+/m1/s1. The van der Waals surface area contributed by atoms with Crippen molar-refractivity contribution < 1.29 is 19.1 Å². The van der Waals surface area contributed by atoms with E-state index in [1.165, 1.54) is 25.7 Å². The van der Waals surface area contributed by atoms with Gasteiger partial charge in [-0.15, -0.1) is 0 Å². The molecule has 2 fully saturated rings. The summed E-state index contributed by atoms with van der Waals surface area (Å²) in [6, 6.07) is 17.7. The van der Waals surface area contributed by atoms with Gasteiger partial charge in [-0.1, -0.05) is 48.9 Å². The highest BCUT2D eigenvalue weighted by molar-refractivity contribution is 5.81. The van der Waals surface area contributed by atoms with Crippen LogP contribution in [0.15, 0.2) is 54.6 Å². The molecule has 0 aliphatic heterocycles. The van der Waals surface area contributed by atoms with Crippen molar-refractivity contribution in [2.75, 3.05) is 13.2 Å². The number of nitrogens with one attached hydrogen (secondary N) is 1. The molecule has 30 heavy (non-hydrogen) atoms. The molecule has 0 saturated heterocycles. The van der Waals surface area contributed by atoms with Crippen LogP contribution < -0.4 is 10.1 Å². The molecule has 0 spiro atoms. The number of carbonyl (C=O) groups excluding carboxylic acids is 2. The molecule has 5 nitrogen and oxygen atoms in total. The lowest BCUT2D eigenvalue weighted by atomic mass is 9.84. The fourth-order valence-corrected chi connectivity index (χ4v) is 5.01. The van der Waals surface area contributed by atoms with Gasteiger partial charge in [0.25, 0.3) is 5.91 Å². The second-order valence-corrected chi connectivity index (χ2v) is 8.53. The van der Waals surface area contributed by atoms with E-state index in [-0.39, 0.29) is 25.2 Å². The molecule has 2 aromatic carbocycles. The Kier molecular flexibility index (Phi) is 6.36. The number of carbonyl (C=O) groups is 2. The predicted octanol–water partition coefficient (Wildman–Crippen LogP) is 4.22. The topological polar surface area (TPSA) is 64.6 Å². The fraction of sp³-hybridized carbons (Fsp3) is 0.440. The third-order valence-electron chi connectivity index (χ3n) is 6.51. The maximum absolute atomic E-state index is 12.1. The lowest BCUT2D eigenvalue weighted by molar-refractivity contribution is -0.150. The normalized spacial score (nSPS) is 23.0. The summed E-state index contributed by atoms with van der Waals surface area (Å²) in [5.41, 5.74) is 2.20. The van der Waals surface area contributed by atoms with E-state index in [9.17, 15) is 9.59 Å². The van der Waals surface area contributed by atoms with Crippen LogP contribution in [0.5, 0.6) is 5.75 Å². The number of benzene rings is 2. The second kappa shape index (κ2) is 9.33. The zero-order chi connectivity index (χ0) is 20.9. The van der Waals surface area contributed by atoms with Gasteiger partial charge < -0.3 is 14.8 Å². The first kappa shape index (κ1) is 20.5. The van der Waals surface area contributed by atoms with E-state index in [0.717, 1.165) is 23.0 Å². The van der Waals surface area contributed by atoms with Crippen molar-refractivity contribution >= 4 is 11.9 Å². The Morgan fingerprint density at radius 3 is 2.37 bits per heavy atom. The quantitative estimate of drug-likeness (QED) is 0.666. The smallest absolute Gasteiger partial charge is 0.344 e. The van der Waals surface area contributed by atoms with Crippen LogP contribution in [0.2, 0.25) is 0 Å². The largest absolute Gasteiger partial charge is 0.482 e. The van der Waals surface area contributed by atoms with Crippen molar-refractivity contribution in [1.82, 2.24) is 5.32 Å². The zero-order valence-corrected chi connectivity index (χ0v) is 17.4. The molecule has 2 aliphatic carbocycles. The van der Waals surface area contributed by atoms with Crippen LogP contribution in [0.25, 0.3) is 11.1 Å². The molecule has 2 aromatic rings. The lowest BCUT2D eigenvalue weighted by Crippen LogP contribution is -2.42. The van der Waals surface area contributed by atoms with E-state index in [1.807, 2.05) is 54.6 Å². The van der Waals surface area contributed by atoms with Gasteiger partial charge in [0.05, 0.1) is 0 Å². The Morgan fingerprint density at radius 1 is 0.967 bits per heavy atom. The van der Waals surface area contributed by atoms with Gasteiger partial charge in [-0.3, -0.25) is 4.79 Å². The highest BCUT2D eigenvalue weighted by atomic mass is 16.6. The maximum atomic E-state index is 12.1. The van der Waals surface area contributed by atoms with Gasteiger partial charge in [-0.05, 0) is 67.2 Å². The van der Waals surface area contributed by atoms with Crippen LogP contribution in [0.1, 0.15) is 32.6 Å². The summed E-state index contributed by atoms with van der Waals surface area (Å²) >= 11 is 0. The summed E-state index contributed by atoms with van der Waals surface area (Å²) in [6.07, 6.45) is 5.15. The van der Waals surface area contributed by atoms with Crippen molar-refractivity contribution in [3.8, 4) is 16.9 Å². The molecule has 0 unspecified atom stereocenters. The molecule has 158 valence electrons. The molecule has 5 heteroatoms. The van der Waals surface area contributed by atoms with Crippen molar-refractivity contribution in [2.24, 2.45) is 17.8 Å². The number of esters is 1. The van der Waals surface area contributed by atoms with Crippen LogP contribution in [0.3, 0.4) is 0 Å². The van der Waals surface area contributed by atoms with Crippen LogP contribution in [0, 0.1) is 17.8 Å². The average Bonchev–Trinajstić information content (AvgIpc) is 3.41. The number of hydrogen-bond acceptors (Lipinski definition) is 4. The lowest BCUT2D eigenvalue weighted by Gasteiger charge is -2.28. The number of ether oxygens (including phenoxy) is 2. The Bertz CT molecular complexity index is 864. The molecular formula is C25H29NO4. The number of hydrogen-bond donors (Lipinski definition) is 1. The molecule has 0 aromatic heterocycles. The van der Waals surface area contributed by atoms with Gasteiger partial charge in [0, 0.05) is 6.04 Å². The molecule has 2 aliphatic rings. The molecule has 1 amide bonds. The Labute approximate surface area is 177 Å². The van der Waals surface area contributed by atoms with Gasteiger partial charge in [-0.2, -0.15) is 0 Å². The molecule has 2 bridgehead atoms. The predicted molar refractivity (Wildman–Crippen MR) is 115 cm³/mol. The van der Waals surface area contributed by atoms with Gasteiger partial charge in [0.2, 0.25) is 0 Å². The van der Waals surface area contributed by atoms with E-state index < -0.39 is 5.97 Å². The molecule has 0 heterocycles. The summed E-state index contributed by atoms with van der Waals surface area (Å²) in [7, 11) is 0. The molecule has 4 atom stereocenters. The van der Waals surface area contributed by atoms with Gasteiger partial charge >= 0.3 is 5.97 Å². The van der Waals surface area contributed by atoms with E-state index in [2.05, 4.69) is 12.2 Å². The van der Waals surface area contributed by atoms with Crippen LogP contribution in [-0.2, 0) is 14.3 Å². The van der Waals surface area contributed by atoms with Crippen molar-refractivity contribution in [3.05, 3.63) is 54.6 Å². The van der Waals surface area contributed by atoms with E-state index in [0.29, 0.717) is 11.7 Å². The van der Waals surface area contributed by atoms with Gasteiger partial charge in [0.1, 0.15) is 5.75 Å². The first-order valence-corrected chi connectivity index (χ1v) is 10.8. The Balaban J connectivity index is 1.16. The van der Waals surface area contributed by atoms with Gasteiger partial charge in [-0.25, -0.2) is 4.79 Å².